The number of alkyl halides is 2. The van der Waals surface area contributed by atoms with Gasteiger partial charge in [-0.1, -0.05) is 37.9 Å². The van der Waals surface area contributed by atoms with Gasteiger partial charge in [0.25, 0.3) is 0 Å². The van der Waals surface area contributed by atoms with Gasteiger partial charge in [-0.2, -0.15) is 0 Å². The van der Waals surface area contributed by atoms with Crippen LogP contribution in [-0.4, -0.2) is 4.98 Å². The van der Waals surface area contributed by atoms with Crippen molar-refractivity contribution in [3.05, 3.63) is 40.0 Å². The monoisotopic (exact) mass is 391 g/mol. The van der Waals surface area contributed by atoms with Crippen molar-refractivity contribution in [3.8, 4) is 0 Å². The molecule has 2 aromatic rings. The average molecular weight is 394 g/mol. The van der Waals surface area contributed by atoms with Crippen LogP contribution in [0.15, 0.2) is 28.9 Å². The van der Waals surface area contributed by atoms with Crippen LogP contribution in [0.1, 0.15) is 11.1 Å². The molecule has 0 spiro atoms. The van der Waals surface area contributed by atoms with Crippen molar-refractivity contribution in [2.24, 2.45) is 0 Å². The van der Waals surface area contributed by atoms with Crippen LogP contribution in [0, 0.1) is 0 Å². The summed E-state index contributed by atoms with van der Waals surface area (Å²) in [6.45, 7) is 0. The zero-order valence-electron chi connectivity index (χ0n) is 7.80. The fourth-order valence-corrected chi connectivity index (χ4v) is 2.97. The Balaban J connectivity index is 2.87. The molecule has 0 aliphatic carbocycles. The molecule has 2 rings (SSSR count). The molecule has 1 heterocycles. The molecule has 0 aliphatic rings. The van der Waals surface area contributed by atoms with Crippen LogP contribution in [0.2, 0.25) is 0 Å². The second-order valence-electron chi connectivity index (χ2n) is 3.17. The predicted octanol–water partition coefficient (Wildman–Crippen LogP) is 4.79. The van der Waals surface area contributed by atoms with Gasteiger partial charge < -0.3 is 0 Å². The van der Waals surface area contributed by atoms with E-state index in [1.165, 1.54) is 16.5 Å². The van der Waals surface area contributed by atoms with Gasteiger partial charge in [-0.3, -0.25) is 4.98 Å². The zero-order chi connectivity index (χ0) is 10.8. The molecule has 0 bridgehead atoms. The first-order chi connectivity index (χ1) is 7.27. The van der Waals surface area contributed by atoms with Crippen LogP contribution >= 0.6 is 47.8 Å². The number of pyridine rings is 1. The molecule has 78 valence electrons. The standard InChI is InChI=1S/C11H8Br3N/c12-5-7-1-2-9(14)11-10(7)8(6-13)3-4-15-11/h1-4H,5-6H2. The first-order valence-corrected chi connectivity index (χ1v) is 7.48. The lowest BCUT2D eigenvalue weighted by atomic mass is 10.1. The van der Waals surface area contributed by atoms with Gasteiger partial charge in [0.05, 0.1) is 5.52 Å². The maximum Gasteiger partial charge on any atom is 0.0850 e. The smallest absolute Gasteiger partial charge is 0.0850 e. The first kappa shape index (κ1) is 11.6. The molecule has 0 unspecified atom stereocenters. The van der Waals surface area contributed by atoms with E-state index in [0.717, 1.165) is 20.6 Å². The van der Waals surface area contributed by atoms with Crippen molar-refractivity contribution in [3.63, 3.8) is 0 Å². The number of halogens is 3. The molecule has 15 heavy (non-hydrogen) atoms. The topological polar surface area (TPSA) is 12.9 Å². The minimum atomic E-state index is 0.850. The van der Waals surface area contributed by atoms with Crippen LogP contribution in [0.25, 0.3) is 10.9 Å². The molecule has 0 saturated heterocycles. The first-order valence-electron chi connectivity index (χ1n) is 4.45. The molecule has 0 saturated carbocycles. The zero-order valence-corrected chi connectivity index (χ0v) is 12.6. The Morgan fingerprint density at radius 3 is 2.33 bits per heavy atom. The lowest BCUT2D eigenvalue weighted by molar-refractivity contribution is 1.32. The van der Waals surface area contributed by atoms with Gasteiger partial charge >= 0.3 is 0 Å². The van der Waals surface area contributed by atoms with Crippen molar-refractivity contribution in [2.45, 2.75) is 10.7 Å². The van der Waals surface area contributed by atoms with Gasteiger partial charge in [-0.25, -0.2) is 0 Å². The highest BCUT2D eigenvalue weighted by Crippen LogP contribution is 2.30. The fraction of sp³-hybridized carbons (Fsp3) is 0.182. The van der Waals surface area contributed by atoms with E-state index in [4.69, 9.17) is 0 Å². The van der Waals surface area contributed by atoms with Gasteiger partial charge in [0.1, 0.15) is 0 Å². The lowest BCUT2D eigenvalue weighted by Gasteiger charge is -2.08. The Morgan fingerprint density at radius 2 is 1.67 bits per heavy atom. The van der Waals surface area contributed by atoms with Crippen molar-refractivity contribution < 1.29 is 0 Å². The molecule has 0 aliphatic heterocycles. The van der Waals surface area contributed by atoms with Crippen molar-refractivity contribution >= 4 is 58.7 Å². The average Bonchev–Trinajstić information content (AvgIpc) is 2.29. The Morgan fingerprint density at radius 1 is 1.00 bits per heavy atom. The number of hydrogen-bond acceptors (Lipinski definition) is 1. The Hall–Kier alpha value is 0.0700. The summed E-state index contributed by atoms with van der Waals surface area (Å²) >= 11 is 10.5. The van der Waals surface area contributed by atoms with Crippen LogP contribution < -0.4 is 0 Å². The summed E-state index contributed by atoms with van der Waals surface area (Å²) in [5.41, 5.74) is 3.58. The normalized spacial score (nSPS) is 10.9. The molecule has 0 fully saturated rings. The van der Waals surface area contributed by atoms with Gasteiger partial charge in [-0.05, 0) is 39.2 Å². The Kier molecular flexibility index (Phi) is 3.80. The molecule has 0 atom stereocenters. The summed E-state index contributed by atoms with van der Waals surface area (Å²) in [5.74, 6) is 0. The maximum absolute atomic E-state index is 4.41. The summed E-state index contributed by atoms with van der Waals surface area (Å²) in [6.07, 6.45) is 1.85. The van der Waals surface area contributed by atoms with Crippen molar-refractivity contribution in [1.82, 2.24) is 4.98 Å². The summed E-state index contributed by atoms with van der Waals surface area (Å²) in [6, 6.07) is 6.22. The predicted molar refractivity (Wildman–Crippen MR) is 74.7 cm³/mol. The molecule has 1 aromatic heterocycles. The minimum Gasteiger partial charge on any atom is -0.255 e. The minimum absolute atomic E-state index is 0.850. The third-order valence-electron chi connectivity index (χ3n) is 2.30. The number of hydrogen-bond donors (Lipinski definition) is 0. The molecule has 4 heteroatoms. The molecule has 1 nitrogen and oxygen atoms in total. The maximum atomic E-state index is 4.41. The van der Waals surface area contributed by atoms with E-state index < -0.39 is 0 Å². The Labute approximate surface area is 114 Å². The highest BCUT2D eigenvalue weighted by atomic mass is 79.9. The van der Waals surface area contributed by atoms with E-state index in [-0.39, 0.29) is 0 Å². The third kappa shape index (κ3) is 2.12. The highest BCUT2D eigenvalue weighted by molar-refractivity contribution is 9.10. The van der Waals surface area contributed by atoms with E-state index in [2.05, 4.69) is 64.9 Å². The Bertz CT molecular complexity index is 486. The van der Waals surface area contributed by atoms with Gasteiger partial charge in [0.2, 0.25) is 0 Å². The van der Waals surface area contributed by atoms with E-state index in [1.54, 1.807) is 0 Å². The van der Waals surface area contributed by atoms with Crippen molar-refractivity contribution in [2.75, 3.05) is 0 Å². The van der Waals surface area contributed by atoms with Crippen LogP contribution in [0.4, 0.5) is 0 Å². The van der Waals surface area contributed by atoms with E-state index in [1.807, 2.05) is 12.3 Å². The van der Waals surface area contributed by atoms with Crippen LogP contribution in [-0.2, 0) is 10.7 Å². The summed E-state index contributed by atoms with van der Waals surface area (Å²) in [5, 5.41) is 2.94. The second kappa shape index (κ2) is 4.93. The van der Waals surface area contributed by atoms with E-state index in [0.29, 0.717) is 0 Å². The van der Waals surface area contributed by atoms with Gasteiger partial charge in [-0.15, -0.1) is 0 Å². The molecule has 1 aromatic carbocycles. The molecule has 0 N–H and O–H groups in total. The van der Waals surface area contributed by atoms with E-state index in [9.17, 15) is 0 Å². The highest BCUT2D eigenvalue weighted by Gasteiger charge is 2.08. The number of aromatic nitrogens is 1. The SMILES string of the molecule is BrCc1ccnc2c(Br)ccc(CBr)c12. The number of nitrogens with zero attached hydrogens (tertiary/aromatic N) is 1. The molecular weight excluding hydrogens is 386 g/mol. The molecule has 0 amide bonds. The molecule has 0 radical (unpaired) electrons. The molecular formula is C11H8Br3N. The number of fused-ring (bicyclic) bond motifs is 1. The van der Waals surface area contributed by atoms with Gasteiger partial charge in [0.15, 0.2) is 0 Å². The number of benzene rings is 1. The summed E-state index contributed by atoms with van der Waals surface area (Å²) in [7, 11) is 0. The van der Waals surface area contributed by atoms with Crippen LogP contribution in [0.5, 0.6) is 0 Å². The quantitative estimate of drug-likeness (QED) is 0.669. The van der Waals surface area contributed by atoms with Crippen LogP contribution in [0.3, 0.4) is 0 Å². The summed E-state index contributed by atoms with van der Waals surface area (Å²) in [4.78, 5) is 4.41. The van der Waals surface area contributed by atoms with Gasteiger partial charge in [0, 0.05) is 26.7 Å². The largest absolute Gasteiger partial charge is 0.255 e. The second-order valence-corrected chi connectivity index (χ2v) is 5.14. The third-order valence-corrected chi connectivity index (χ3v) is 4.15. The summed E-state index contributed by atoms with van der Waals surface area (Å²) < 4.78 is 1.05. The lowest BCUT2D eigenvalue weighted by Crippen LogP contribution is -1.91. The number of rotatable bonds is 2. The van der Waals surface area contributed by atoms with Crippen molar-refractivity contribution in [1.29, 1.82) is 0 Å². The van der Waals surface area contributed by atoms with E-state index >= 15 is 0 Å². The fourth-order valence-electron chi connectivity index (χ4n) is 1.60.